The van der Waals surface area contributed by atoms with Gasteiger partial charge in [-0.15, -0.1) is 11.6 Å². The Morgan fingerprint density at radius 3 is 3.00 bits per heavy atom. The first-order valence-corrected chi connectivity index (χ1v) is 4.70. The van der Waals surface area contributed by atoms with Gasteiger partial charge in [-0.05, 0) is 32.4 Å². The zero-order valence-corrected chi connectivity index (χ0v) is 7.72. The molecule has 0 bridgehead atoms. The van der Waals surface area contributed by atoms with Gasteiger partial charge in [-0.25, -0.2) is 0 Å². The van der Waals surface area contributed by atoms with E-state index in [1.807, 2.05) is 0 Å². The summed E-state index contributed by atoms with van der Waals surface area (Å²) < 4.78 is 0. The van der Waals surface area contributed by atoms with Crippen molar-refractivity contribution in [2.45, 2.75) is 18.9 Å². The van der Waals surface area contributed by atoms with Gasteiger partial charge in [0.15, 0.2) is 0 Å². The molecule has 0 aromatic heterocycles. The lowest BCUT2D eigenvalue weighted by Gasteiger charge is -2.31. The number of piperidine rings is 1. The Hall–Kier alpha value is 0.210. The summed E-state index contributed by atoms with van der Waals surface area (Å²) in [5.74, 6) is 0.768. The molecule has 2 atom stereocenters. The largest absolute Gasteiger partial charge is 0.392 e. The Bertz CT molecular complexity index is 121. The van der Waals surface area contributed by atoms with Gasteiger partial charge in [0.25, 0.3) is 0 Å². The van der Waals surface area contributed by atoms with Crippen molar-refractivity contribution in [3.8, 4) is 0 Å². The van der Waals surface area contributed by atoms with E-state index in [9.17, 15) is 5.11 Å². The molecular formula is C8H16ClNO. The number of nitrogens with zero attached hydrogens (tertiary/aromatic N) is 1. The highest BCUT2D eigenvalue weighted by molar-refractivity contribution is 6.18. The van der Waals surface area contributed by atoms with Crippen molar-refractivity contribution in [1.82, 2.24) is 4.90 Å². The maximum atomic E-state index is 9.44. The maximum Gasteiger partial charge on any atom is 0.0715 e. The third kappa shape index (κ3) is 2.62. The van der Waals surface area contributed by atoms with Gasteiger partial charge in [0.2, 0.25) is 0 Å². The average Bonchev–Trinajstić information content (AvgIpc) is 2.03. The molecule has 1 aliphatic rings. The first kappa shape index (κ1) is 9.30. The summed E-state index contributed by atoms with van der Waals surface area (Å²) in [5, 5.41) is 9.44. The summed E-state index contributed by atoms with van der Waals surface area (Å²) in [6.45, 7) is 2.15. The quantitative estimate of drug-likeness (QED) is 0.635. The molecule has 0 aliphatic carbocycles. The molecule has 1 saturated heterocycles. The van der Waals surface area contributed by atoms with E-state index < -0.39 is 0 Å². The highest BCUT2D eigenvalue weighted by Gasteiger charge is 2.23. The van der Waals surface area contributed by atoms with Crippen molar-refractivity contribution in [2.24, 2.45) is 5.92 Å². The number of aliphatic hydroxyl groups excluding tert-OH is 1. The summed E-state index contributed by atoms with van der Waals surface area (Å²) in [7, 11) is 2.09. The molecule has 0 spiro atoms. The normalized spacial score (nSPS) is 30.3. The lowest BCUT2D eigenvalue weighted by molar-refractivity contribution is 0.0751. The van der Waals surface area contributed by atoms with Gasteiger partial charge in [0.1, 0.15) is 0 Å². The number of rotatable bonds is 2. The van der Waals surface area contributed by atoms with Gasteiger partial charge in [0.05, 0.1) is 6.10 Å². The molecule has 66 valence electrons. The maximum absolute atomic E-state index is 9.44. The monoisotopic (exact) mass is 177 g/mol. The predicted molar refractivity (Wildman–Crippen MR) is 46.9 cm³/mol. The van der Waals surface area contributed by atoms with Crippen LogP contribution in [0.15, 0.2) is 0 Å². The van der Waals surface area contributed by atoms with Crippen LogP contribution in [0.1, 0.15) is 12.8 Å². The van der Waals surface area contributed by atoms with Crippen molar-refractivity contribution in [1.29, 1.82) is 0 Å². The van der Waals surface area contributed by atoms with E-state index in [0.29, 0.717) is 11.8 Å². The molecule has 1 aliphatic heterocycles. The average molecular weight is 178 g/mol. The van der Waals surface area contributed by atoms with E-state index in [1.165, 1.54) is 6.42 Å². The number of hydrogen-bond donors (Lipinski definition) is 1. The molecule has 0 amide bonds. The second-order valence-corrected chi connectivity index (χ2v) is 3.69. The van der Waals surface area contributed by atoms with Crippen molar-refractivity contribution in [3.05, 3.63) is 0 Å². The molecule has 3 heteroatoms. The molecule has 1 rings (SSSR count). The topological polar surface area (TPSA) is 23.5 Å². The van der Waals surface area contributed by atoms with Gasteiger partial charge in [-0.3, -0.25) is 0 Å². The lowest BCUT2D eigenvalue weighted by atomic mass is 9.94. The van der Waals surface area contributed by atoms with Crippen LogP contribution in [0.2, 0.25) is 0 Å². The van der Waals surface area contributed by atoms with Crippen molar-refractivity contribution >= 4 is 11.6 Å². The van der Waals surface area contributed by atoms with Crippen molar-refractivity contribution in [3.63, 3.8) is 0 Å². The van der Waals surface area contributed by atoms with Crippen LogP contribution in [0.3, 0.4) is 0 Å². The first-order chi connectivity index (χ1) is 5.24. The van der Waals surface area contributed by atoms with Crippen LogP contribution in [-0.4, -0.2) is 42.1 Å². The van der Waals surface area contributed by atoms with Gasteiger partial charge >= 0.3 is 0 Å². The second-order valence-electron chi connectivity index (χ2n) is 3.39. The van der Waals surface area contributed by atoms with Crippen LogP contribution in [0, 0.1) is 5.92 Å². The molecule has 1 N–H and O–H groups in total. The molecule has 0 aromatic rings. The third-order valence-corrected chi connectivity index (χ3v) is 2.68. The van der Waals surface area contributed by atoms with E-state index in [1.54, 1.807) is 0 Å². The van der Waals surface area contributed by atoms with Crippen LogP contribution in [0.5, 0.6) is 0 Å². The Balaban J connectivity index is 2.33. The van der Waals surface area contributed by atoms with E-state index in [2.05, 4.69) is 11.9 Å². The molecular weight excluding hydrogens is 162 g/mol. The Kier molecular flexibility index (Phi) is 3.63. The van der Waals surface area contributed by atoms with Crippen LogP contribution >= 0.6 is 11.6 Å². The number of alkyl halides is 1. The Labute approximate surface area is 73.1 Å². The minimum atomic E-state index is -0.306. The van der Waals surface area contributed by atoms with Crippen molar-refractivity contribution < 1.29 is 5.11 Å². The molecule has 1 fully saturated rings. The molecule has 11 heavy (non-hydrogen) atoms. The molecule has 2 unspecified atom stereocenters. The summed E-state index contributed by atoms with van der Waals surface area (Å²) in [6, 6.07) is 0. The van der Waals surface area contributed by atoms with E-state index in [4.69, 9.17) is 11.6 Å². The van der Waals surface area contributed by atoms with Gasteiger partial charge < -0.3 is 10.0 Å². The minimum absolute atomic E-state index is 0.306. The molecule has 0 radical (unpaired) electrons. The van der Waals surface area contributed by atoms with Crippen LogP contribution in [0.4, 0.5) is 0 Å². The number of likely N-dealkylation sites (tertiary alicyclic amines) is 1. The second kappa shape index (κ2) is 4.29. The number of halogens is 1. The fourth-order valence-electron chi connectivity index (χ4n) is 1.65. The fourth-order valence-corrected chi connectivity index (χ4v) is 1.90. The smallest absolute Gasteiger partial charge is 0.0715 e. The highest BCUT2D eigenvalue weighted by atomic mass is 35.5. The van der Waals surface area contributed by atoms with Crippen LogP contribution in [-0.2, 0) is 0 Å². The first-order valence-electron chi connectivity index (χ1n) is 4.16. The van der Waals surface area contributed by atoms with Crippen molar-refractivity contribution in [2.75, 3.05) is 26.0 Å². The summed E-state index contributed by atoms with van der Waals surface area (Å²) in [4.78, 5) is 2.25. The lowest BCUT2D eigenvalue weighted by Crippen LogP contribution is -2.38. The fraction of sp³-hybridized carbons (Fsp3) is 1.00. The zero-order chi connectivity index (χ0) is 8.27. The van der Waals surface area contributed by atoms with E-state index >= 15 is 0 Å². The van der Waals surface area contributed by atoms with E-state index in [0.717, 1.165) is 19.5 Å². The van der Waals surface area contributed by atoms with Gasteiger partial charge in [-0.1, -0.05) is 0 Å². The Morgan fingerprint density at radius 1 is 1.73 bits per heavy atom. The molecule has 1 heterocycles. The summed E-state index contributed by atoms with van der Waals surface area (Å²) in [5.41, 5.74) is 0. The Morgan fingerprint density at radius 2 is 2.45 bits per heavy atom. The highest BCUT2D eigenvalue weighted by Crippen LogP contribution is 2.19. The predicted octanol–water partition coefficient (Wildman–Crippen LogP) is 0.928. The summed E-state index contributed by atoms with van der Waals surface area (Å²) in [6.07, 6.45) is 2.01. The molecule has 2 nitrogen and oxygen atoms in total. The SMILES string of the molecule is CN1CCCC(C(O)CCl)C1. The third-order valence-electron chi connectivity index (χ3n) is 2.36. The number of aliphatic hydroxyl groups is 1. The van der Waals surface area contributed by atoms with Gasteiger partial charge in [-0.2, -0.15) is 0 Å². The van der Waals surface area contributed by atoms with Crippen LogP contribution in [0.25, 0.3) is 0 Å². The van der Waals surface area contributed by atoms with E-state index in [-0.39, 0.29) is 6.10 Å². The van der Waals surface area contributed by atoms with Crippen LogP contribution < -0.4 is 0 Å². The standard InChI is InChI=1S/C8H16ClNO/c1-10-4-2-3-7(6-10)8(11)5-9/h7-8,11H,2-6H2,1H3. The summed E-state index contributed by atoms with van der Waals surface area (Å²) >= 11 is 5.56. The zero-order valence-electron chi connectivity index (χ0n) is 6.96. The molecule has 0 aromatic carbocycles. The molecule has 0 saturated carbocycles. The van der Waals surface area contributed by atoms with Gasteiger partial charge in [0, 0.05) is 12.4 Å². The minimum Gasteiger partial charge on any atom is -0.392 e. The number of hydrogen-bond acceptors (Lipinski definition) is 2.